The zero-order chi connectivity index (χ0) is 34.8. The van der Waals surface area contributed by atoms with Crippen LogP contribution in [0.3, 0.4) is 0 Å². The van der Waals surface area contributed by atoms with Gasteiger partial charge in [-0.05, 0) is 137 Å². The maximum absolute atomic E-state index is 5.74. The highest BCUT2D eigenvalue weighted by molar-refractivity contribution is 5.94. The maximum Gasteiger partial charge on any atom is 0.119 e. The van der Waals surface area contributed by atoms with Crippen LogP contribution >= 0.6 is 0 Å². The Labute approximate surface area is 301 Å². The van der Waals surface area contributed by atoms with Gasteiger partial charge in [0.1, 0.15) is 11.5 Å². The molecule has 0 heterocycles. The second kappa shape index (κ2) is 15.9. The summed E-state index contributed by atoms with van der Waals surface area (Å²) in [6.45, 7) is 5.27. The first-order valence-electron chi connectivity index (χ1n) is 17.6. The average Bonchev–Trinajstić information content (AvgIpc) is 3.20. The molecule has 0 aromatic heterocycles. The molecule has 3 heteroatoms. The first kappa shape index (κ1) is 33.2. The molecule has 51 heavy (non-hydrogen) atoms. The fourth-order valence-electron chi connectivity index (χ4n) is 6.38. The van der Waals surface area contributed by atoms with Crippen molar-refractivity contribution in [3.63, 3.8) is 0 Å². The highest BCUT2D eigenvalue weighted by Gasteiger charge is 2.14. The average molecular weight is 664 g/mol. The number of anilines is 3. The van der Waals surface area contributed by atoms with Gasteiger partial charge in [0.2, 0.25) is 0 Å². The molecule has 0 aliphatic heterocycles. The lowest BCUT2D eigenvalue weighted by Crippen LogP contribution is -2.10. The van der Waals surface area contributed by atoms with Gasteiger partial charge in [0, 0.05) is 17.1 Å². The zero-order valence-corrected chi connectivity index (χ0v) is 29.1. The fraction of sp³-hybridized carbons (Fsp3) is 0.0833. The number of hydrogen-bond acceptors (Lipinski definition) is 3. The Bertz CT molecular complexity index is 2050. The molecule has 0 aliphatic rings. The highest BCUT2D eigenvalue weighted by atomic mass is 16.5. The largest absolute Gasteiger partial charge is 0.494 e. The minimum absolute atomic E-state index is 0.631. The molecule has 0 aliphatic carbocycles. The van der Waals surface area contributed by atoms with E-state index in [-0.39, 0.29) is 0 Å². The van der Waals surface area contributed by atoms with Crippen LogP contribution in [-0.2, 0) is 0 Å². The first-order valence-corrected chi connectivity index (χ1v) is 17.6. The molecule has 7 rings (SSSR count). The van der Waals surface area contributed by atoms with Gasteiger partial charge in [-0.3, -0.25) is 0 Å². The number of benzene rings is 7. The SMILES string of the molecule is CCOc1ccc(N(c2ccc(C=C(c3cccc(-c4ccccc4)c3)c3cccc(-c4ccccc4)c3)cc2)c2ccc(OCC)cc2)cc1. The second-order valence-electron chi connectivity index (χ2n) is 12.2. The molecule has 0 saturated carbocycles. The van der Waals surface area contributed by atoms with Gasteiger partial charge in [0.15, 0.2) is 0 Å². The smallest absolute Gasteiger partial charge is 0.119 e. The number of nitrogens with zero attached hydrogens (tertiary/aromatic N) is 1. The van der Waals surface area contributed by atoms with Crippen molar-refractivity contribution >= 4 is 28.7 Å². The predicted molar refractivity (Wildman–Crippen MR) is 214 cm³/mol. The minimum atomic E-state index is 0.631. The molecule has 0 atom stereocenters. The third-order valence-electron chi connectivity index (χ3n) is 8.84. The van der Waals surface area contributed by atoms with Crippen molar-refractivity contribution < 1.29 is 9.47 Å². The molecule has 0 unspecified atom stereocenters. The van der Waals surface area contributed by atoms with E-state index in [9.17, 15) is 0 Å². The summed E-state index contributed by atoms with van der Waals surface area (Å²) in [6, 6.07) is 64.1. The molecule has 0 fully saturated rings. The monoisotopic (exact) mass is 663 g/mol. The molecule has 0 bridgehead atoms. The predicted octanol–water partition coefficient (Wildman–Crippen LogP) is 12.9. The van der Waals surface area contributed by atoms with Crippen LogP contribution in [0.15, 0.2) is 182 Å². The van der Waals surface area contributed by atoms with Gasteiger partial charge in [-0.15, -0.1) is 0 Å². The first-order chi connectivity index (χ1) is 25.2. The summed E-state index contributed by atoms with van der Waals surface area (Å²) in [5.41, 5.74) is 12.5. The normalized spacial score (nSPS) is 10.7. The van der Waals surface area contributed by atoms with Crippen LogP contribution in [0.25, 0.3) is 33.9 Å². The van der Waals surface area contributed by atoms with Crippen LogP contribution in [0.1, 0.15) is 30.5 Å². The van der Waals surface area contributed by atoms with E-state index in [0.29, 0.717) is 13.2 Å². The minimum Gasteiger partial charge on any atom is -0.494 e. The number of rotatable bonds is 12. The van der Waals surface area contributed by atoms with Crippen LogP contribution < -0.4 is 14.4 Å². The van der Waals surface area contributed by atoms with E-state index >= 15 is 0 Å². The molecule has 0 spiro atoms. The quantitative estimate of drug-likeness (QED) is 0.121. The van der Waals surface area contributed by atoms with Gasteiger partial charge in [0.05, 0.1) is 13.2 Å². The zero-order valence-electron chi connectivity index (χ0n) is 29.1. The summed E-state index contributed by atoms with van der Waals surface area (Å²) in [5, 5.41) is 0. The summed E-state index contributed by atoms with van der Waals surface area (Å²) in [4.78, 5) is 2.26. The van der Waals surface area contributed by atoms with Crippen molar-refractivity contribution in [3.8, 4) is 33.8 Å². The third-order valence-corrected chi connectivity index (χ3v) is 8.84. The molecule has 0 amide bonds. The highest BCUT2D eigenvalue weighted by Crippen LogP contribution is 2.37. The molecule has 7 aromatic rings. The Morgan fingerprint density at radius 2 is 0.824 bits per heavy atom. The van der Waals surface area contributed by atoms with Gasteiger partial charge in [0.25, 0.3) is 0 Å². The molecule has 0 N–H and O–H groups in total. The third kappa shape index (κ3) is 7.95. The number of hydrogen-bond donors (Lipinski definition) is 0. The number of ether oxygens (including phenoxy) is 2. The van der Waals surface area contributed by atoms with Gasteiger partial charge >= 0.3 is 0 Å². The molecule has 7 aromatic carbocycles. The lowest BCUT2D eigenvalue weighted by molar-refractivity contribution is 0.340. The van der Waals surface area contributed by atoms with E-state index in [0.717, 1.165) is 50.8 Å². The van der Waals surface area contributed by atoms with E-state index in [1.807, 2.05) is 38.1 Å². The van der Waals surface area contributed by atoms with Gasteiger partial charge < -0.3 is 14.4 Å². The van der Waals surface area contributed by atoms with Crippen molar-refractivity contribution in [3.05, 3.63) is 199 Å². The van der Waals surface area contributed by atoms with Crippen LogP contribution in [0.4, 0.5) is 17.1 Å². The topological polar surface area (TPSA) is 21.7 Å². The molecule has 3 nitrogen and oxygen atoms in total. The molecule has 0 radical (unpaired) electrons. The van der Waals surface area contributed by atoms with Crippen molar-refractivity contribution in [1.29, 1.82) is 0 Å². The van der Waals surface area contributed by atoms with Gasteiger partial charge in [-0.1, -0.05) is 109 Å². The van der Waals surface area contributed by atoms with Crippen molar-refractivity contribution in [2.24, 2.45) is 0 Å². The van der Waals surface area contributed by atoms with Crippen LogP contribution in [-0.4, -0.2) is 13.2 Å². The lowest BCUT2D eigenvalue weighted by Gasteiger charge is -2.26. The maximum atomic E-state index is 5.74. The van der Waals surface area contributed by atoms with E-state index < -0.39 is 0 Å². The standard InChI is InChI=1S/C48H41NO2/c1-3-50-46-29-25-44(26-30-46)49(45-27-31-47(32-28-45)51-4-2)43-23-21-36(22-24-43)33-48(41-19-11-17-39(34-41)37-13-7-5-8-14-37)42-20-12-18-40(35-42)38-15-9-6-10-16-38/h5-35H,3-4H2,1-2H3. The molecule has 0 saturated heterocycles. The molecule has 250 valence electrons. The Morgan fingerprint density at radius 1 is 0.431 bits per heavy atom. The second-order valence-corrected chi connectivity index (χ2v) is 12.2. The van der Waals surface area contributed by atoms with E-state index in [1.165, 1.54) is 22.3 Å². The van der Waals surface area contributed by atoms with Gasteiger partial charge in [-0.25, -0.2) is 0 Å². The Balaban J connectivity index is 1.30. The summed E-state index contributed by atoms with van der Waals surface area (Å²) in [7, 11) is 0. The molecular formula is C48H41NO2. The van der Waals surface area contributed by atoms with E-state index in [1.54, 1.807) is 0 Å². The Kier molecular flexibility index (Phi) is 10.4. The van der Waals surface area contributed by atoms with Crippen LogP contribution in [0, 0.1) is 0 Å². The summed E-state index contributed by atoms with van der Waals surface area (Å²) in [6.07, 6.45) is 2.30. The van der Waals surface area contributed by atoms with E-state index in [2.05, 4.69) is 169 Å². The van der Waals surface area contributed by atoms with E-state index in [4.69, 9.17) is 9.47 Å². The van der Waals surface area contributed by atoms with Crippen molar-refractivity contribution in [1.82, 2.24) is 0 Å². The van der Waals surface area contributed by atoms with Gasteiger partial charge in [-0.2, -0.15) is 0 Å². The fourth-order valence-corrected chi connectivity index (χ4v) is 6.38. The van der Waals surface area contributed by atoms with Crippen molar-refractivity contribution in [2.75, 3.05) is 18.1 Å². The van der Waals surface area contributed by atoms with Crippen LogP contribution in [0.2, 0.25) is 0 Å². The Hall–Kier alpha value is -6.32. The summed E-state index contributed by atoms with van der Waals surface area (Å²) in [5.74, 6) is 1.71. The Morgan fingerprint density at radius 3 is 1.24 bits per heavy atom. The summed E-state index contributed by atoms with van der Waals surface area (Å²) >= 11 is 0. The summed E-state index contributed by atoms with van der Waals surface area (Å²) < 4.78 is 11.5. The molecular weight excluding hydrogens is 623 g/mol. The van der Waals surface area contributed by atoms with Crippen molar-refractivity contribution in [2.45, 2.75) is 13.8 Å². The lowest BCUT2D eigenvalue weighted by atomic mass is 9.91. The van der Waals surface area contributed by atoms with Crippen LogP contribution in [0.5, 0.6) is 11.5 Å².